The van der Waals surface area contributed by atoms with E-state index >= 15 is 0 Å². The Hall–Kier alpha value is -3.15. The van der Waals surface area contributed by atoms with E-state index in [-0.39, 0.29) is 17.4 Å². The summed E-state index contributed by atoms with van der Waals surface area (Å²) in [6.45, 7) is 0.324. The summed E-state index contributed by atoms with van der Waals surface area (Å²) in [4.78, 5) is 16.4. The first kappa shape index (κ1) is 20.1. The maximum absolute atomic E-state index is 12.9. The molecular weight excluding hydrogens is 428 g/mol. The lowest BCUT2D eigenvalue weighted by Gasteiger charge is -2.06. The van der Waals surface area contributed by atoms with Crippen molar-refractivity contribution in [2.24, 2.45) is 4.99 Å². The van der Waals surface area contributed by atoms with Crippen LogP contribution in [0.5, 0.6) is 5.75 Å². The number of ether oxygens (including phenoxy) is 2. The van der Waals surface area contributed by atoms with Crippen LogP contribution in [0.15, 0.2) is 77.4 Å². The molecule has 4 rings (SSSR count). The van der Waals surface area contributed by atoms with E-state index in [4.69, 9.17) is 32.7 Å². The highest BCUT2D eigenvalue weighted by molar-refractivity contribution is 6.42. The Bertz CT molecular complexity index is 1160. The number of hydrogen-bond donors (Lipinski definition) is 0. The van der Waals surface area contributed by atoms with Crippen molar-refractivity contribution < 1.29 is 18.7 Å². The van der Waals surface area contributed by atoms with Crippen molar-refractivity contribution in [2.75, 3.05) is 0 Å². The van der Waals surface area contributed by atoms with Crippen LogP contribution in [0.4, 0.5) is 4.39 Å². The molecule has 0 amide bonds. The van der Waals surface area contributed by atoms with Crippen LogP contribution >= 0.6 is 23.2 Å². The predicted octanol–water partition coefficient (Wildman–Crippen LogP) is 6.06. The quantitative estimate of drug-likeness (QED) is 0.357. The Kier molecular flexibility index (Phi) is 5.84. The Balaban J connectivity index is 1.46. The van der Waals surface area contributed by atoms with Crippen LogP contribution in [-0.4, -0.2) is 11.9 Å². The molecule has 0 atom stereocenters. The highest BCUT2D eigenvalue weighted by Crippen LogP contribution is 2.26. The number of carbonyl (C=O) groups is 1. The normalized spacial score (nSPS) is 14.6. The number of hydrogen-bond acceptors (Lipinski definition) is 4. The molecule has 0 bridgehead atoms. The number of esters is 1. The lowest BCUT2D eigenvalue weighted by molar-refractivity contribution is -0.129. The first-order chi connectivity index (χ1) is 14.5. The molecule has 0 N–H and O–H groups in total. The SMILES string of the molecule is O=C1OC(c2ccc(Cl)c(Cl)c2)=N/C1=C\c1ccc(OCc2ccc(F)cc2)cc1. The summed E-state index contributed by atoms with van der Waals surface area (Å²) in [6.07, 6.45) is 1.62. The fraction of sp³-hybridized carbons (Fsp3) is 0.0435. The largest absolute Gasteiger partial charge is 0.489 e. The molecule has 0 unspecified atom stereocenters. The molecule has 30 heavy (non-hydrogen) atoms. The molecule has 1 aliphatic heterocycles. The number of rotatable bonds is 5. The van der Waals surface area contributed by atoms with Gasteiger partial charge >= 0.3 is 5.97 Å². The van der Waals surface area contributed by atoms with Gasteiger partial charge in [-0.15, -0.1) is 0 Å². The van der Waals surface area contributed by atoms with E-state index in [1.165, 1.54) is 12.1 Å². The van der Waals surface area contributed by atoms with Crippen LogP contribution in [0.1, 0.15) is 16.7 Å². The third kappa shape index (κ3) is 4.70. The van der Waals surface area contributed by atoms with Crippen LogP contribution in [0, 0.1) is 5.82 Å². The minimum Gasteiger partial charge on any atom is -0.489 e. The van der Waals surface area contributed by atoms with Crippen molar-refractivity contribution in [3.63, 3.8) is 0 Å². The molecule has 0 fully saturated rings. The van der Waals surface area contributed by atoms with Gasteiger partial charge in [0.1, 0.15) is 18.2 Å². The van der Waals surface area contributed by atoms with Crippen molar-refractivity contribution >= 4 is 41.1 Å². The zero-order valence-corrected chi connectivity index (χ0v) is 17.0. The Morgan fingerprint density at radius 1 is 0.967 bits per heavy atom. The van der Waals surface area contributed by atoms with Crippen molar-refractivity contribution in [3.8, 4) is 5.75 Å². The average molecular weight is 442 g/mol. The number of benzene rings is 3. The topological polar surface area (TPSA) is 47.9 Å². The predicted molar refractivity (Wildman–Crippen MR) is 114 cm³/mol. The van der Waals surface area contributed by atoms with Crippen molar-refractivity contribution in [1.29, 1.82) is 0 Å². The molecule has 150 valence electrons. The van der Waals surface area contributed by atoms with Gasteiger partial charge in [0.05, 0.1) is 10.0 Å². The van der Waals surface area contributed by atoms with Gasteiger partial charge in [-0.25, -0.2) is 14.2 Å². The third-order valence-corrected chi connectivity index (χ3v) is 5.03. The van der Waals surface area contributed by atoms with E-state index in [0.717, 1.165) is 11.1 Å². The highest BCUT2D eigenvalue weighted by atomic mass is 35.5. The zero-order chi connectivity index (χ0) is 21.1. The third-order valence-electron chi connectivity index (χ3n) is 4.29. The van der Waals surface area contributed by atoms with E-state index in [2.05, 4.69) is 4.99 Å². The monoisotopic (exact) mass is 441 g/mol. The molecule has 1 aliphatic rings. The molecule has 0 spiro atoms. The molecule has 0 saturated heterocycles. The first-order valence-corrected chi connectivity index (χ1v) is 9.69. The number of cyclic esters (lactones) is 1. The van der Waals surface area contributed by atoms with E-state index in [1.54, 1.807) is 60.7 Å². The van der Waals surface area contributed by atoms with Crippen LogP contribution in [0.3, 0.4) is 0 Å². The minimum absolute atomic E-state index is 0.170. The van der Waals surface area contributed by atoms with Gasteiger partial charge in [0, 0.05) is 5.56 Å². The molecule has 1 heterocycles. The van der Waals surface area contributed by atoms with Gasteiger partial charge in [0.15, 0.2) is 5.70 Å². The van der Waals surface area contributed by atoms with E-state index in [0.29, 0.717) is 28.0 Å². The smallest absolute Gasteiger partial charge is 0.363 e. The van der Waals surface area contributed by atoms with Gasteiger partial charge in [0.25, 0.3) is 0 Å². The Morgan fingerprint density at radius 3 is 2.40 bits per heavy atom. The van der Waals surface area contributed by atoms with E-state index < -0.39 is 5.97 Å². The number of nitrogens with zero attached hydrogens (tertiary/aromatic N) is 1. The summed E-state index contributed by atoms with van der Waals surface area (Å²) in [5.41, 5.74) is 2.36. The van der Waals surface area contributed by atoms with Gasteiger partial charge < -0.3 is 9.47 Å². The summed E-state index contributed by atoms with van der Waals surface area (Å²) in [5, 5.41) is 0.754. The summed E-state index contributed by atoms with van der Waals surface area (Å²) >= 11 is 11.9. The molecule has 3 aromatic carbocycles. The summed E-state index contributed by atoms with van der Waals surface area (Å²) in [7, 11) is 0. The van der Waals surface area contributed by atoms with E-state index in [9.17, 15) is 9.18 Å². The number of halogens is 3. The molecule has 3 aromatic rings. The maximum atomic E-state index is 12.9. The van der Waals surface area contributed by atoms with Gasteiger partial charge in [-0.2, -0.15) is 0 Å². The molecule has 0 radical (unpaired) electrons. The first-order valence-electron chi connectivity index (χ1n) is 8.93. The maximum Gasteiger partial charge on any atom is 0.363 e. The standard InChI is InChI=1S/C23H14Cl2FNO3/c24-19-10-5-16(12-20(19)25)22-27-21(23(28)30-22)11-14-3-8-18(9-4-14)29-13-15-1-6-17(26)7-2-15/h1-12H,13H2/b21-11-. The van der Waals surface area contributed by atoms with Gasteiger partial charge in [-0.3, -0.25) is 0 Å². The second-order valence-electron chi connectivity index (χ2n) is 6.45. The number of aliphatic imine (C=N–C) groups is 1. The fourth-order valence-electron chi connectivity index (χ4n) is 2.73. The van der Waals surface area contributed by atoms with Crippen molar-refractivity contribution in [3.05, 3.63) is 105 Å². The molecule has 0 aliphatic carbocycles. The summed E-state index contributed by atoms with van der Waals surface area (Å²) in [6, 6.07) is 18.2. The molecular formula is C23H14Cl2FNO3. The van der Waals surface area contributed by atoms with Gasteiger partial charge in [-0.1, -0.05) is 47.5 Å². The second-order valence-corrected chi connectivity index (χ2v) is 7.26. The van der Waals surface area contributed by atoms with Crippen LogP contribution in [-0.2, 0) is 16.1 Å². The highest BCUT2D eigenvalue weighted by Gasteiger charge is 2.24. The van der Waals surface area contributed by atoms with Crippen LogP contribution in [0.2, 0.25) is 10.0 Å². The van der Waals surface area contributed by atoms with Gasteiger partial charge in [0.2, 0.25) is 5.90 Å². The van der Waals surface area contributed by atoms with E-state index in [1.807, 2.05) is 0 Å². The lowest BCUT2D eigenvalue weighted by atomic mass is 10.2. The van der Waals surface area contributed by atoms with Gasteiger partial charge in [-0.05, 0) is 59.7 Å². The second kappa shape index (κ2) is 8.69. The van der Waals surface area contributed by atoms with Crippen LogP contribution < -0.4 is 4.74 Å². The minimum atomic E-state index is -0.548. The summed E-state index contributed by atoms with van der Waals surface area (Å²) in [5.74, 6) is -0.0150. The Labute approximate surface area is 182 Å². The average Bonchev–Trinajstić information content (AvgIpc) is 3.11. The molecule has 4 nitrogen and oxygen atoms in total. The fourth-order valence-corrected chi connectivity index (χ4v) is 3.03. The molecule has 0 aromatic heterocycles. The summed E-state index contributed by atoms with van der Waals surface area (Å²) < 4.78 is 23.9. The molecule has 0 saturated carbocycles. The lowest BCUT2D eigenvalue weighted by Crippen LogP contribution is -2.05. The zero-order valence-electron chi connectivity index (χ0n) is 15.4. The van der Waals surface area contributed by atoms with Crippen molar-refractivity contribution in [1.82, 2.24) is 0 Å². The molecule has 7 heteroatoms. The van der Waals surface area contributed by atoms with Crippen LogP contribution in [0.25, 0.3) is 6.08 Å². The Morgan fingerprint density at radius 2 is 1.70 bits per heavy atom. The van der Waals surface area contributed by atoms with Crippen molar-refractivity contribution in [2.45, 2.75) is 6.61 Å². The number of carbonyl (C=O) groups excluding carboxylic acids is 1.